The fraction of sp³-hybridized carbons (Fsp3) is 0.160. The van der Waals surface area contributed by atoms with Crippen LogP contribution in [-0.4, -0.2) is 35.8 Å². The molecule has 9 heteroatoms. The van der Waals surface area contributed by atoms with Crippen molar-refractivity contribution >= 4 is 34.3 Å². The maximum Gasteiger partial charge on any atom is 0.267 e. The number of thioether (sulfide) groups is 1. The summed E-state index contributed by atoms with van der Waals surface area (Å²) >= 11 is 1.27. The molecule has 0 spiro atoms. The van der Waals surface area contributed by atoms with Crippen LogP contribution in [0.3, 0.4) is 0 Å². The SMILES string of the molecule is Cc1ccc(C)c(-n2c(=O)c3ccccc3n3c(SCC(=O)NCc4ccccn4)nnc23)c1. The van der Waals surface area contributed by atoms with Crippen molar-refractivity contribution in [3.63, 3.8) is 0 Å². The van der Waals surface area contributed by atoms with Gasteiger partial charge >= 0.3 is 0 Å². The van der Waals surface area contributed by atoms with Crippen LogP contribution < -0.4 is 10.9 Å². The van der Waals surface area contributed by atoms with Crippen LogP contribution in [-0.2, 0) is 11.3 Å². The van der Waals surface area contributed by atoms with E-state index in [2.05, 4.69) is 20.5 Å². The zero-order valence-corrected chi connectivity index (χ0v) is 19.5. The van der Waals surface area contributed by atoms with Gasteiger partial charge in [-0.3, -0.25) is 19.0 Å². The molecule has 5 aromatic rings. The van der Waals surface area contributed by atoms with Crippen LogP contribution in [0.4, 0.5) is 0 Å². The number of para-hydroxylation sites is 1. The molecular formula is C25H22N6O2S. The third kappa shape index (κ3) is 4.06. The number of aryl methyl sites for hydroxylation is 2. The molecule has 2 aromatic carbocycles. The second-order valence-corrected chi connectivity index (χ2v) is 8.89. The summed E-state index contributed by atoms with van der Waals surface area (Å²) in [6.45, 7) is 4.31. The highest BCUT2D eigenvalue weighted by atomic mass is 32.2. The highest BCUT2D eigenvalue weighted by molar-refractivity contribution is 7.99. The fourth-order valence-corrected chi connectivity index (χ4v) is 4.59. The minimum absolute atomic E-state index is 0.139. The van der Waals surface area contributed by atoms with Crippen molar-refractivity contribution in [2.45, 2.75) is 25.5 Å². The maximum atomic E-state index is 13.5. The quantitative estimate of drug-likeness (QED) is 0.382. The number of amides is 1. The van der Waals surface area contributed by atoms with E-state index in [1.807, 2.05) is 72.8 Å². The Balaban J connectivity index is 1.53. The Labute approximate surface area is 199 Å². The van der Waals surface area contributed by atoms with Gasteiger partial charge in [0.05, 0.1) is 34.6 Å². The van der Waals surface area contributed by atoms with Gasteiger partial charge in [0.15, 0.2) is 5.16 Å². The molecule has 5 rings (SSSR count). The van der Waals surface area contributed by atoms with Crippen molar-refractivity contribution in [2.75, 3.05) is 5.75 Å². The second-order valence-electron chi connectivity index (χ2n) is 7.95. The number of pyridine rings is 1. The van der Waals surface area contributed by atoms with E-state index in [1.54, 1.807) is 16.8 Å². The third-order valence-electron chi connectivity index (χ3n) is 5.53. The topological polar surface area (TPSA) is 94.2 Å². The number of aromatic nitrogens is 5. The van der Waals surface area contributed by atoms with Gasteiger partial charge < -0.3 is 5.32 Å². The van der Waals surface area contributed by atoms with Crippen molar-refractivity contribution in [1.29, 1.82) is 0 Å². The summed E-state index contributed by atoms with van der Waals surface area (Å²) in [5.41, 5.74) is 4.09. The molecule has 0 unspecified atom stereocenters. The smallest absolute Gasteiger partial charge is 0.267 e. The Kier molecular flexibility index (Phi) is 5.85. The predicted molar refractivity (Wildman–Crippen MR) is 132 cm³/mol. The molecule has 3 aromatic heterocycles. The zero-order valence-electron chi connectivity index (χ0n) is 18.7. The molecule has 0 radical (unpaired) electrons. The van der Waals surface area contributed by atoms with Crippen LogP contribution in [0.25, 0.3) is 22.4 Å². The summed E-state index contributed by atoms with van der Waals surface area (Å²) in [5.74, 6) is 0.429. The van der Waals surface area contributed by atoms with Gasteiger partial charge in [-0.1, -0.05) is 42.1 Å². The van der Waals surface area contributed by atoms with E-state index in [9.17, 15) is 9.59 Å². The molecule has 0 saturated carbocycles. The molecule has 3 heterocycles. The van der Waals surface area contributed by atoms with Crippen molar-refractivity contribution in [1.82, 2.24) is 29.5 Å². The highest BCUT2D eigenvalue weighted by Gasteiger charge is 2.19. The molecule has 0 fully saturated rings. The van der Waals surface area contributed by atoms with Gasteiger partial charge in [-0.2, -0.15) is 0 Å². The lowest BCUT2D eigenvalue weighted by Crippen LogP contribution is -2.25. The molecule has 0 aliphatic carbocycles. The first-order valence-corrected chi connectivity index (χ1v) is 11.8. The summed E-state index contributed by atoms with van der Waals surface area (Å²) in [4.78, 5) is 30.2. The van der Waals surface area contributed by atoms with Crippen LogP contribution in [0, 0.1) is 13.8 Å². The number of fused-ring (bicyclic) bond motifs is 3. The lowest BCUT2D eigenvalue weighted by Gasteiger charge is -2.14. The zero-order chi connectivity index (χ0) is 23.7. The Morgan fingerprint density at radius 1 is 1.03 bits per heavy atom. The lowest BCUT2D eigenvalue weighted by molar-refractivity contribution is -0.118. The van der Waals surface area contributed by atoms with Crippen LogP contribution in [0.2, 0.25) is 0 Å². The van der Waals surface area contributed by atoms with E-state index in [1.165, 1.54) is 11.8 Å². The maximum absolute atomic E-state index is 13.5. The second kappa shape index (κ2) is 9.11. The summed E-state index contributed by atoms with van der Waals surface area (Å²) in [5, 5.41) is 12.7. The van der Waals surface area contributed by atoms with Gasteiger partial charge in [0.1, 0.15) is 0 Å². The Morgan fingerprint density at radius 2 is 1.85 bits per heavy atom. The van der Waals surface area contributed by atoms with Crippen molar-refractivity contribution < 1.29 is 4.79 Å². The van der Waals surface area contributed by atoms with Gasteiger partial charge in [0, 0.05) is 6.20 Å². The van der Waals surface area contributed by atoms with E-state index < -0.39 is 0 Å². The minimum atomic E-state index is -0.158. The number of carbonyl (C=O) groups excluding carboxylic acids is 1. The van der Waals surface area contributed by atoms with Crippen LogP contribution >= 0.6 is 11.8 Å². The highest BCUT2D eigenvalue weighted by Crippen LogP contribution is 2.24. The number of rotatable bonds is 6. The number of hydrogen-bond acceptors (Lipinski definition) is 6. The number of nitrogens with one attached hydrogen (secondary N) is 1. The first kappa shape index (κ1) is 21.8. The van der Waals surface area contributed by atoms with Crippen molar-refractivity contribution in [2.24, 2.45) is 0 Å². The molecule has 0 atom stereocenters. The Hall–Kier alpha value is -3.98. The molecular weight excluding hydrogens is 448 g/mol. The number of hydrogen-bond donors (Lipinski definition) is 1. The van der Waals surface area contributed by atoms with Gasteiger partial charge in [0.2, 0.25) is 11.7 Å². The standard InChI is InChI=1S/C25H22N6O2S/c1-16-10-11-17(2)21(13-16)30-23(33)19-8-3-4-9-20(19)31-24(30)28-29-25(31)34-15-22(32)27-14-18-7-5-6-12-26-18/h3-13H,14-15H2,1-2H3,(H,27,32). The van der Waals surface area contributed by atoms with Crippen LogP contribution in [0.5, 0.6) is 0 Å². The van der Waals surface area contributed by atoms with E-state index in [4.69, 9.17) is 0 Å². The van der Waals surface area contributed by atoms with Crippen LogP contribution in [0.1, 0.15) is 16.8 Å². The summed E-state index contributed by atoms with van der Waals surface area (Å²) in [6, 6.07) is 18.9. The van der Waals surface area contributed by atoms with Gasteiger partial charge in [0.25, 0.3) is 5.56 Å². The fourth-order valence-electron chi connectivity index (χ4n) is 3.82. The van der Waals surface area contributed by atoms with Gasteiger partial charge in [-0.25, -0.2) is 4.57 Å². The molecule has 1 N–H and O–H groups in total. The van der Waals surface area contributed by atoms with Crippen molar-refractivity contribution in [3.8, 4) is 5.69 Å². The number of nitrogens with zero attached hydrogens (tertiary/aromatic N) is 5. The molecule has 8 nitrogen and oxygen atoms in total. The number of benzene rings is 2. The van der Waals surface area contributed by atoms with E-state index in [0.717, 1.165) is 22.5 Å². The summed E-state index contributed by atoms with van der Waals surface area (Å²) in [6.07, 6.45) is 1.69. The molecule has 1 amide bonds. The Bertz CT molecular complexity index is 1580. The predicted octanol–water partition coefficient (Wildman–Crippen LogP) is 3.45. The first-order valence-electron chi connectivity index (χ1n) is 10.8. The van der Waals surface area contributed by atoms with Crippen LogP contribution in [0.15, 0.2) is 76.8 Å². The molecule has 0 aliphatic rings. The molecule has 170 valence electrons. The molecule has 0 aliphatic heterocycles. The average molecular weight is 471 g/mol. The number of carbonyl (C=O) groups is 1. The summed E-state index contributed by atoms with van der Waals surface area (Å²) in [7, 11) is 0. The molecule has 0 saturated heterocycles. The third-order valence-corrected chi connectivity index (χ3v) is 6.45. The average Bonchev–Trinajstić information content (AvgIpc) is 3.28. The largest absolute Gasteiger partial charge is 0.350 e. The normalized spacial score (nSPS) is 11.2. The monoisotopic (exact) mass is 470 g/mol. The van der Waals surface area contributed by atoms with Gasteiger partial charge in [-0.05, 0) is 55.3 Å². The summed E-state index contributed by atoms with van der Waals surface area (Å²) < 4.78 is 3.44. The molecule has 0 bridgehead atoms. The van der Waals surface area contributed by atoms with E-state index >= 15 is 0 Å². The van der Waals surface area contributed by atoms with Gasteiger partial charge in [-0.15, -0.1) is 10.2 Å². The first-order chi connectivity index (χ1) is 16.5. The molecule has 34 heavy (non-hydrogen) atoms. The minimum Gasteiger partial charge on any atom is -0.350 e. The van der Waals surface area contributed by atoms with Crippen molar-refractivity contribution in [3.05, 3.63) is 94.0 Å². The van der Waals surface area contributed by atoms with E-state index in [-0.39, 0.29) is 17.2 Å². The lowest BCUT2D eigenvalue weighted by atomic mass is 10.1. The van der Waals surface area contributed by atoms with E-state index in [0.29, 0.717) is 28.4 Å². The Morgan fingerprint density at radius 3 is 2.68 bits per heavy atom.